The quantitative estimate of drug-likeness (QED) is 0.684. The van der Waals surface area contributed by atoms with Crippen molar-refractivity contribution in [1.29, 1.82) is 0 Å². The summed E-state index contributed by atoms with van der Waals surface area (Å²) in [7, 11) is -4.01. The van der Waals surface area contributed by atoms with E-state index in [-0.39, 0.29) is 17.5 Å². The van der Waals surface area contributed by atoms with Crippen LogP contribution in [0.2, 0.25) is 0 Å². The Balaban J connectivity index is 2.15. The summed E-state index contributed by atoms with van der Waals surface area (Å²) in [4.78, 5) is 3.04. The Hall–Kier alpha value is -2.75. The first kappa shape index (κ1) is 18.1. The molecule has 0 amide bonds. The molecule has 0 saturated heterocycles. The number of nitrogens with zero attached hydrogens (tertiary/aromatic N) is 3. The first-order valence-corrected chi connectivity index (χ1v) is 9.07. The molecule has 2 aromatic heterocycles. The summed E-state index contributed by atoms with van der Waals surface area (Å²) in [5.74, 6) is -0.574. The van der Waals surface area contributed by atoms with Gasteiger partial charge < -0.3 is 4.42 Å². The minimum absolute atomic E-state index is 0.0992. The highest BCUT2D eigenvalue weighted by Crippen LogP contribution is 2.34. The van der Waals surface area contributed by atoms with Gasteiger partial charge in [-0.25, -0.2) is 13.4 Å². The van der Waals surface area contributed by atoms with Gasteiger partial charge in [0, 0.05) is 11.8 Å². The normalized spacial score (nSPS) is 12.3. The van der Waals surface area contributed by atoms with Crippen molar-refractivity contribution in [1.82, 2.24) is 15.2 Å². The molecule has 26 heavy (non-hydrogen) atoms. The highest BCUT2D eigenvalue weighted by Gasteiger charge is 2.34. The molecule has 0 atom stereocenters. The average molecular weight is 383 g/mol. The fraction of sp³-hybridized carbons (Fsp3) is 0.188. The first-order chi connectivity index (χ1) is 12.2. The molecule has 0 spiro atoms. The molecule has 0 unspecified atom stereocenters. The number of benzene rings is 1. The van der Waals surface area contributed by atoms with Crippen LogP contribution in [0.25, 0.3) is 23.0 Å². The van der Waals surface area contributed by atoms with Crippen molar-refractivity contribution in [2.45, 2.75) is 18.0 Å². The van der Waals surface area contributed by atoms with Crippen molar-refractivity contribution >= 4 is 9.84 Å². The molecule has 0 N–H and O–H groups in total. The third-order valence-corrected chi connectivity index (χ3v) is 5.28. The molecular weight excluding hydrogens is 371 g/mol. The molecule has 6 nitrogen and oxygen atoms in total. The minimum atomic E-state index is -4.73. The number of hydrogen-bond donors (Lipinski definition) is 0. The van der Waals surface area contributed by atoms with Gasteiger partial charge in [-0.05, 0) is 18.2 Å². The van der Waals surface area contributed by atoms with Gasteiger partial charge >= 0.3 is 6.18 Å². The number of alkyl halides is 3. The summed E-state index contributed by atoms with van der Waals surface area (Å²) in [5, 5.41) is 7.55. The number of hydrogen-bond acceptors (Lipinski definition) is 6. The maximum atomic E-state index is 12.9. The second kappa shape index (κ2) is 6.52. The predicted octanol–water partition coefficient (Wildman–Crippen LogP) is 3.61. The van der Waals surface area contributed by atoms with Crippen LogP contribution in [0.3, 0.4) is 0 Å². The van der Waals surface area contributed by atoms with Crippen LogP contribution in [-0.2, 0) is 16.0 Å². The lowest BCUT2D eigenvalue weighted by Gasteiger charge is -2.10. The molecule has 0 aliphatic heterocycles. The first-order valence-electron chi connectivity index (χ1n) is 7.41. The topological polar surface area (TPSA) is 86.0 Å². The van der Waals surface area contributed by atoms with Crippen molar-refractivity contribution in [2.24, 2.45) is 0 Å². The van der Waals surface area contributed by atoms with Gasteiger partial charge in [0.2, 0.25) is 5.89 Å². The van der Waals surface area contributed by atoms with E-state index in [0.717, 1.165) is 0 Å². The number of halogens is 3. The van der Waals surface area contributed by atoms with E-state index in [1.54, 1.807) is 30.3 Å². The molecule has 0 aliphatic rings. The third kappa shape index (κ3) is 3.45. The molecule has 0 aliphatic carbocycles. The van der Waals surface area contributed by atoms with E-state index in [4.69, 9.17) is 4.42 Å². The van der Waals surface area contributed by atoms with Crippen LogP contribution in [0.1, 0.15) is 12.5 Å². The predicted molar refractivity (Wildman–Crippen MR) is 85.7 cm³/mol. The lowest BCUT2D eigenvalue weighted by molar-refractivity contribution is -0.138. The number of sulfone groups is 1. The van der Waals surface area contributed by atoms with E-state index < -0.39 is 32.2 Å². The van der Waals surface area contributed by atoms with E-state index in [1.165, 1.54) is 6.92 Å². The monoisotopic (exact) mass is 383 g/mol. The van der Waals surface area contributed by atoms with Gasteiger partial charge in [-0.3, -0.25) is 0 Å². The average Bonchev–Trinajstić information content (AvgIpc) is 3.11. The van der Waals surface area contributed by atoms with Crippen LogP contribution >= 0.6 is 0 Å². The van der Waals surface area contributed by atoms with Gasteiger partial charge in [0.1, 0.15) is 5.69 Å². The Labute approximate surface area is 146 Å². The SMILES string of the molecule is CCS(=O)(=O)c1cc(C(F)(F)F)cnc1-c1nnc(-c2ccccc2)o1. The molecule has 2 heterocycles. The lowest BCUT2D eigenvalue weighted by atomic mass is 10.2. The maximum absolute atomic E-state index is 12.9. The molecule has 1 aromatic carbocycles. The smallest absolute Gasteiger partial charge is 0.415 e. The highest BCUT2D eigenvalue weighted by molar-refractivity contribution is 7.91. The zero-order chi connectivity index (χ0) is 18.9. The van der Waals surface area contributed by atoms with Crippen molar-refractivity contribution < 1.29 is 26.0 Å². The van der Waals surface area contributed by atoms with Crippen LogP contribution in [0.15, 0.2) is 51.9 Å². The van der Waals surface area contributed by atoms with E-state index in [9.17, 15) is 21.6 Å². The Morgan fingerprint density at radius 1 is 1.08 bits per heavy atom. The van der Waals surface area contributed by atoms with Crippen LogP contribution in [0.4, 0.5) is 13.2 Å². The molecule has 136 valence electrons. The van der Waals surface area contributed by atoms with E-state index >= 15 is 0 Å². The van der Waals surface area contributed by atoms with Gasteiger partial charge in [0.25, 0.3) is 5.89 Å². The van der Waals surface area contributed by atoms with E-state index in [0.29, 0.717) is 17.8 Å². The molecule has 0 fully saturated rings. The molecule has 10 heteroatoms. The zero-order valence-electron chi connectivity index (χ0n) is 13.4. The molecule has 3 aromatic rings. The Kier molecular flexibility index (Phi) is 4.53. The molecular formula is C16H12F3N3O3S. The lowest BCUT2D eigenvalue weighted by Crippen LogP contribution is -2.12. The second-order valence-corrected chi connectivity index (χ2v) is 7.50. The number of aromatic nitrogens is 3. The summed E-state index contributed by atoms with van der Waals surface area (Å²) < 4.78 is 68.7. The third-order valence-electron chi connectivity index (χ3n) is 3.54. The van der Waals surface area contributed by atoms with E-state index in [1.807, 2.05) is 0 Å². The Morgan fingerprint density at radius 2 is 1.73 bits per heavy atom. The van der Waals surface area contributed by atoms with E-state index in [2.05, 4.69) is 15.2 Å². The fourth-order valence-electron chi connectivity index (χ4n) is 2.17. The Bertz CT molecular complexity index is 1030. The minimum Gasteiger partial charge on any atom is -0.415 e. The molecule has 0 bridgehead atoms. The van der Waals surface area contributed by atoms with Gasteiger partial charge in [0.15, 0.2) is 9.84 Å². The summed E-state index contributed by atoms with van der Waals surface area (Å²) in [6, 6.07) is 9.19. The van der Waals surface area contributed by atoms with Crippen LogP contribution in [-0.4, -0.2) is 29.4 Å². The zero-order valence-corrected chi connectivity index (χ0v) is 14.2. The van der Waals surface area contributed by atoms with Gasteiger partial charge in [-0.1, -0.05) is 25.1 Å². The highest BCUT2D eigenvalue weighted by atomic mass is 32.2. The van der Waals surface area contributed by atoms with Crippen LogP contribution in [0, 0.1) is 0 Å². The summed E-state index contributed by atoms with van der Waals surface area (Å²) in [6.45, 7) is 1.32. The summed E-state index contributed by atoms with van der Waals surface area (Å²) in [5.41, 5.74) is -0.899. The largest absolute Gasteiger partial charge is 0.417 e. The van der Waals surface area contributed by atoms with Crippen molar-refractivity contribution in [3.63, 3.8) is 0 Å². The molecule has 0 radical (unpaired) electrons. The van der Waals surface area contributed by atoms with Crippen molar-refractivity contribution in [3.05, 3.63) is 48.2 Å². The number of rotatable bonds is 4. The molecule has 0 saturated carbocycles. The van der Waals surface area contributed by atoms with Crippen molar-refractivity contribution in [2.75, 3.05) is 5.75 Å². The molecule has 3 rings (SSSR count). The van der Waals surface area contributed by atoms with Crippen LogP contribution < -0.4 is 0 Å². The van der Waals surface area contributed by atoms with Crippen molar-refractivity contribution in [3.8, 4) is 23.0 Å². The van der Waals surface area contributed by atoms with Gasteiger partial charge in [-0.15, -0.1) is 10.2 Å². The standard InChI is InChI=1S/C16H12F3N3O3S/c1-2-26(23,24)12-8-11(16(17,18)19)9-20-13(12)15-22-21-14(25-15)10-6-4-3-5-7-10/h3-9H,2H2,1H3. The van der Waals surface area contributed by atoms with Gasteiger partial charge in [0.05, 0.1) is 16.2 Å². The number of pyridine rings is 1. The summed E-state index contributed by atoms with van der Waals surface area (Å²) >= 11 is 0. The Morgan fingerprint density at radius 3 is 2.35 bits per heavy atom. The summed E-state index contributed by atoms with van der Waals surface area (Å²) in [6.07, 6.45) is -4.19. The van der Waals surface area contributed by atoms with Crippen LogP contribution in [0.5, 0.6) is 0 Å². The van der Waals surface area contributed by atoms with Gasteiger partial charge in [-0.2, -0.15) is 13.2 Å². The second-order valence-electron chi connectivity index (χ2n) is 5.25. The fourth-order valence-corrected chi connectivity index (χ4v) is 3.22. The maximum Gasteiger partial charge on any atom is 0.417 e.